The summed E-state index contributed by atoms with van der Waals surface area (Å²) in [5.74, 6) is 0.366. The molecule has 0 aromatic heterocycles. The number of ether oxygens (including phenoxy) is 3. The number of nitrogens with two attached hydrogens (primary N) is 1. The molecule has 6 nitrogen and oxygen atoms in total. The Balaban J connectivity index is 0.000000182. The van der Waals surface area contributed by atoms with Crippen LogP contribution >= 0.6 is 8.69 Å². The zero-order valence-corrected chi connectivity index (χ0v) is 19.5. The second kappa shape index (κ2) is 13.8. The SMILES string of the molecule is NC[C@@H]1CC2(CCCC2)O[C@H]1COP=O.c1ccc(COCOCc2ccccc2)cc1. The standard InChI is InChI=1S/C15H16O2.C10H18NO3P/c1-3-7-14(8-4-1)11-16-13-17-12-15-9-5-2-6-10-15;11-6-8-5-10(3-1-2-4-10)14-9(8)7-13-15-12/h1-10H,11-13H2;8-9H,1-7,11H2/t;8-,9-/m.0/s1. The molecule has 1 saturated heterocycles. The van der Waals surface area contributed by atoms with E-state index in [1.165, 1.54) is 12.8 Å². The van der Waals surface area contributed by atoms with Gasteiger partial charge >= 0.3 is 8.69 Å². The molecule has 0 radical (unpaired) electrons. The third-order valence-corrected chi connectivity index (χ3v) is 6.31. The van der Waals surface area contributed by atoms with Crippen molar-refractivity contribution in [2.75, 3.05) is 19.9 Å². The Labute approximate surface area is 192 Å². The van der Waals surface area contributed by atoms with Crippen LogP contribution in [0.25, 0.3) is 0 Å². The first kappa shape index (κ1) is 25.0. The molecule has 2 fully saturated rings. The van der Waals surface area contributed by atoms with Crippen molar-refractivity contribution in [3.63, 3.8) is 0 Å². The molecule has 0 bridgehead atoms. The van der Waals surface area contributed by atoms with Gasteiger partial charge in [0.25, 0.3) is 0 Å². The van der Waals surface area contributed by atoms with E-state index in [4.69, 9.17) is 24.5 Å². The highest BCUT2D eigenvalue weighted by Gasteiger charge is 2.47. The van der Waals surface area contributed by atoms with E-state index in [0.29, 0.717) is 39.1 Å². The molecule has 2 aliphatic rings. The van der Waals surface area contributed by atoms with Crippen LogP contribution in [0, 0.1) is 5.92 Å². The molecule has 1 aliphatic heterocycles. The summed E-state index contributed by atoms with van der Waals surface area (Å²) in [6, 6.07) is 20.2. The van der Waals surface area contributed by atoms with Crippen LogP contribution in [0.2, 0.25) is 0 Å². The molecule has 1 spiro atoms. The average molecular weight is 460 g/mol. The van der Waals surface area contributed by atoms with E-state index in [0.717, 1.165) is 30.4 Å². The van der Waals surface area contributed by atoms with Crippen molar-refractivity contribution in [3.05, 3.63) is 71.8 Å². The van der Waals surface area contributed by atoms with Gasteiger partial charge in [0.15, 0.2) is 0 Å². The van der Waals surface area contributed by atoms with Crippen LogP contribution in [0.5, 0.6) is 0 Å². The Kier molecular flexibility index (Phi) is 10.8. The summed E-state index contributed by atoms with van der Waals surface area (Å²) in [4.78, 5) is 0. The molecule has 32 heavy (non-hydrogen) atoms. The molecule has 0 amide bonds. The highest BCUT2D eigenvalue weighted by molar-refractivity contribution is 7.17. The van der Waals surface area contributed by atoms with E-state index in [1.54, 1.807) is 0 Å². The van der Waals surface area contributed by atoms with E-state index in [-0.39, 0.29) is 20.4 Å². The van der Waals surface area contributed by atoms with Gasteiger partial charge in [0.1, 0.15) is 6.79 Å². The van der Waals surface area contributed by atoms with E-state index < -0.39 is 0 Å². The maximum atomic E-state index is 10.3. The quantitative estimate of drug-likeness (QED) is 0.296. The summed E-state index contributed by atoms with van der Waals surface area (Å²) in [6.07, 6.45) is 5.89. The van der Waals surface area contributed by atoms with Gasteiger partial charge in [0.05, 0.1) is 31.5 Å². The lowest BCUT2D eigenvalue weighted by molar-refractivity contribution is -0.0689. The Hall–Kier alpha value is -1.66. The van der Waals surface area contributed by atoms with Crippen molar-refractivity contribution in [1.29, 1.82) is 0 Å². The van der Waals surface area contributed by atoms with Crippen LogP contribution in [-0.2, 0) is 36.5 Å². The zero-order chi connectivity index (χ0) is 22.5. The minimum absolute atomic E-state index is 0.0366. The van der Waals surface area contributed by atoms with Crippen LogP contribution < -0.4 is 5.73 Å². The smallest absolute Gasteiger partial charge is 0.327 e. The lowest BCUT2D eigenvalue weighted by Crippen LogP contribution is -2.28. The lowest BCUT2D eigenvalue weighted by Gasteiger charge is -2.23. The van der Waals surface area contributed by atoms with Gasteiger partial charge in [-0.1, -0.05) is 73.5 Å². The largest absolute Gasteiger partial charge is 0.369 e. The van der Waals surface area contributed by atoms with E-state index >= 15 is 0 Å². The maximum absolute atomic E-state index is 10.3. The third-order valence-electron chi connectivity index (χ3n) is 6.06. The van der Waals surface area contributed by atoms with Gasteiger partial charge in [-0.3, -0.25) is 4.52 Å². The Bertz CT molecular complexity index is 729. The van der Waals surface area contributed by atoms with Gasteiger partial charge in [-0.05, 0) is 36.9 Å². The topological polar surface area (TPSA) is 80.0 Å². The van der Waals surface area contributed by atoms with Crippen molar-refractivity contribution < 1.29 is 23.3 Å². The molecule has 0 unspecified atom stereocenters. The first-order chi connectivity index (χ1) is 15.7. The fourth-order valence-corrected chi connectivity index (χ4v) is 4.66. The molecule has 174 valence electrons. The molecule has 1 heterocycles. The normalized spacial score (nSPS) is 21.5. The number of benzene rings is 2. The van der Waals surface area contributed by atoms with Crippen LogP contribution in [0.1, 0.15) is 43.2 Å². The van der Waals surface area contributed by atoms with Crippen LogP contribution in [0.15, 0.2) is 60.7 Å². The molecule has 2 N–H and O–H groups in total. The summed E-state index contributed by atoms with van der Waals surface area (Å²) in [7, 11) is -0.268. The summed E-state index contributed by atoms with van der Waals surface area (Å²) in [6.45, 7) is 2.54. The summed E-state index contributed by atoms with van der Waals surface area (Å²) in [5.41, 5.74) is 8.12. The predicted octanol–water partition coefficient (Wildman–Crippen LogP) is 5.26. The number of hydrogen-bond donors (Lipinski definition) is 1. The minimum Gasteiger partial charge on any atom is -0.369 e. The average Bonchev–Trinajstić information content (AvgIpc) is 3.45. The molecule has 2 atom stereocenters. The van der Waals surface area contributed by atoms with Crippen LogP contribution in [0.4, 0.5) is 0 Å². The molecule has 4 rings (SSSR count). The van der Waals surface area contributed by atoms with Gasteiger partial charge in [-0.2, -0.15) is 0 Å². The number of rotatable bonds is 10. The molecular weight excluding hydrogens is 425 g/mol. The van der Waals surface area contributed by atoms with Crippen molar-refractivity contribution in [3.8, 4) is 0 Å². The Morgan fingerprint density at radius 2 is 1.50 bits per heavy atom. The summed E-state index contributed by atoms with van der Waals surface area (Å²) < 4.78 is 32.1. The highest BCUT2D eigenvalue weighted by Crippen LogP contribution is 2.45. The third kappa shape index (κ3) is 8.04. The second-order valence-corrected chi connectivity index (χ2v) is 8.81. The van der Waals surface area contributed by atoms with Crippen LogP contribution in [-0.4, -0.2) is 31.6 Å². The Morgan fingerprint density at radius 1 is 0.938 bits per heavy atom. The van der Waals surface area contributed by atoms with Crippen LogP contribution in [0.3, 0.4) is 0 Å². The van der Waals surface area contributed by atoms with Crippen molar-refractivity contribution in [2.45, 2.75) is 57.0 Å². The first-order valence-corrected chi connectivity index (χ1v) is 12.0. The predicted molar refractivity (Wildman–Crippen MR) is 124 cm³/mol. The zero-order valence-electron chi connectivity index (χ0n) is 18.6. The van der Waals surface area contributed by atoms with Gasteiger partial charge < -0.3 is 19.9 Å². The van der Waals surface area contributed by atoms with Crippen molar-refractivity contribution in [2.24, 2.45) is 11.7 Å². The van der Waals surface area contributed by atoms with Gasteiger partial charge in [-0.25, -0.2) is 4.57 Å². The fraction of sp³-hybridized carbons (Fsp3) is 0.520. The number of hydrogen-bond acceptors (Lipinski definition) is 6. The molecular formula is C25H34NO5P. The lowest BCUT2D eigenvalue weighted by atomic mass is 9.91. The van der Waals surface area contributed by atoms with Crippen molar-refractivity contribution in [1.82, 2.24) is 0 Å². The molecule has 1 saturated carbocycles. The Morgan fingerprint density at radius 3 is 2.00 bits per heavy atom. The summed E-state index contributed by atoms with van der Waals surface area (Å²) >= 11 is 0. The maximum Gasteiger partial charge on any atom is 0.327 e. The molecule has 1 aliphatic carbocycles. The van der Waals surface area contributed by atoms with Gasteiger partial charge in [0, 0.05) is 5.92 Å². The minimum atomic E-state index is -0.268. The molecule has 7 heteroatoms. The van der Waals surface area contributed by atoms with Gasteiger partial charge in [-0.15, -0.1) is 0 Å². The summed E-state index contributed by atoms with van der Waals surface area (Å²) in [5, 5.41) is 0. The molecule has 2 aromatic carbocycles. The van der Waals surface area contributed by atoms with E-state index in [1.807, 2.05) is 60.7 Å². The second-order valence-electron chi connectivity index (χ2n) is 8.40. The van der Waals surface area contributed by atoms with Crippen molar-refractivity contribution >= 4 is 8.69 Å². The first-order valence-electron chi connectivity index (χ1n) is 11.3. The van der Waals surface area contributed by atoms with E-state index in [2.05, 4.69) is 0 Å². The monoisotopic (exact) mass is 459 g/mol. The highest BCUT2D eigenvalue weighted by atomic mass is 31.1. The molecule has 2 aromatic rings. The van der Waals surface area contributed by atoms with E-state index in [9.17, 15) is 4.57 Å². The van der Waals surface area contributed by atoms with Gasteiger partial charge in [0.2, 0.25) is 0 Å². The fourth-order valence-electron chi connectivity index (χ4n) is 4.45.